The Balaban J connectivity index is 1.56. The van der Waals surface area contributed by atoms with Crippen LogP contribution in [0.2, 0.25) is 0 Å². The number of para-hydroxylation sites is 2. The molecule has 0 saturated carbocycles. The van der Waals surface area contributed by atoms with Gasteiger partial charge >= 0.3 is 0 Å². The summed E-state index contributed by atoms with van der Waals surface area (Å²) in [6.45, 7) is 0. The van der Waals surface area contributed by atoms with E-state index in [2.05, 4.69) is 75.4 Å². The molecule has 0 bridgehead atoms. The molecule has 0 saturated heterocycles. The van der Waals surface area contributed by atoms with Crippen LogP contribution in [0.3, 0.4) is 0 Å². The van der Waals surface area contributed by atoms with Crippen LogP contribution in [0.25, 0.3) is 50.4 Å². The second-order valence-electron chi connectivity index (χ2n) is 7.20. The first kappa shape index (κ1) is 16.7. The Morgan fingerprint density at radius 2 is 1.17 bits per heavy atom. The first-order chi connectivity index (χ1) is 14.9. The van der Waals surface area contributed by atoms with Crippen LogP contribution in [0.1, 0.15) is 0 Å². The highest BCUT2D eigenvalue weighted by Crippen LogP contribution is 2.34. The van der Waals surface area contributed by atoms with Crippen LogP contribution in [-0.4, -0.2) is 14.8 Å². The van der Waals surface area contributed by atoms with Gasteiger partial charge in [-0.15, -0.1) is 10.2 Å². The van der Waals surface area contributed by atoms with E-state index in [1.54, 1.807) is 0 Å². The molecule has 2 heterocycles. The van der Waals surface area contributed by atoms with E-state index in [0.29, 0.717) is 11.8 Å². The Morgan fingerprint density at radius 3 is 1.97 bits per heavy atom. The largest absolute Gasteiger partial charge is 0.416 e. The molecule has 0 radical (unpaired) electrons. The molecule has 6 rings (SSSR count). The third-order valence-electron chi connectivity index (χ3n) is 5.38. The molecule has 30 heavy (non-hydrogen) atoms. The van der Waals surface area contributed by atoms with Gasteiger partial charge < -0.3 is 8.98 Å². The normalized spacial score (nSPS) is 11.3. The Bertz CT molecular complexity index is 1480. The van der Waals surface area contributed by atoms with Gasteiger partial charge in [0.15, 0.2) is 0 Å². The molecule has 0 N–H and O–H groups in total. The van der Waals surface area contributed by atoms with E-state index in [1.807, 2.05) is 42.5 Å². The Kier molecular flexibility index (Phi) is 3.74. The van der Waals surface area contributed by atoms with Crippen LogP contribution in [0, 0.1) is 0 Å². The zero-order valence-corrected chi connectivity index (χ0v) is 16.1. The molecule has 0 aliphatic rings. The lowest BCUT2D eigenvalue weighted by Gasteiger charge is -2.07. The van der Waals surface area contributed by atoms with Crippen LogP contribution >= 0.6 is 0 Å². The van der Waals surface area contributed by atoms with Crippen LogP contribution in [0.5, 0.6) is 0 Å². The van der Waals surface area contributed by atoms with Crippen molar-refractivity contribution >= 4 is 21.8 Å². The number of rotatable bonds is 3. The fourth-order valence-corrected chi connectivity index (χ4v) is 4.00. The van der Waals surface area contributed by atoms with Gasteiger partial charge in [-0.2, -0.15) is 0 Å². The Labute approximate surface area is 173 Å². The monoisotopic (exact) mass is 387 g/mol. The molecule has 4 nitrogen and oxygen atoms in total. The van der Waals surface area contributed by atoms with E-state index in [1.165, 1.54) is 16.3 Å². The maximum atomic E-state index is 5.99. The molecule has 142 valence electrons. The second-order valence-corrected chi connectivity index (χ2v) is 7.20. The third kappa shape index (κ3) is 2.62. The van der Waals surface area contributed by atoms with E-state index in [-0.39, 0.29) is 0 Å². The lowest BCUT2D eigenvalue weighted by atomic mass is 10.1. The first-order valence-corrected chi connectivity index (χ1v) is 9.86. The fraction of sp³-hybridized carbons (Fsp3) is 0. The molecule has 0 atom stereocenters. The number of hydrogen-bond acceptors (Lipinski definition) is 3. The lowest BCUT2D eigenvalue weighted by molar-refractivity contribution is 0.584. The number of hydrogen-bond donors (Lipinski definition) is 0. The summed E-state index contributed by atoms with van der Waals surface area (Å²) >= 11 is 0. The molecule has 0 spiro atoms. The van der Waals surface area contributed by atoms with Gasteiger partial charge in [0.2, 0.25) is 11.8 Å². The van der Waals surface area contributed by atoms with Crippen molar-refractivity contribution in [3.63, 3.8) is 0 Å². The fourth-order valence-electron chi connectivity index (χ4n) is 4.00. The predicted octanol–water partition coefficient (Wildman–Crippen LogP) is 6.50. The summed E-state index contributed by atoms with van der Waals surface area (Å²) in [6.07, 6.45) is 0. The van der Waals surface area contributed by atoms with E-state index >= 15 is 0 Å². The zero-order chi connectivity index (χ0) is 19.9. The maximum absolute atomic E-state index is 5.99. The van der Waals surface area contributed by atoms with E-state index in [9.17, 15) is 0 Å². The quantitative estimate of drug-likeness (QED) is 0.348. The summed E-state index contributed by atoms with van der Waals surface area (Å²) in [5.74, 6) is 1.04. The van der Waals surface area contributed by atoms with Crippen LogP contribution in [0.15, 0.2) is 108 Å². The van der Waals surface area contributed by atoms with Crippen molar-refractivity contribution in [3.05, 3.63) is 103 Å². The predicted molar refractivity (Wildman–Crippen MR) is 120 cm³/mol. The number of nitrogens with zero attached hydrogens (tertiary/aromatic N) is 3. The smallest absolute Gasteiger partial charge is 0.248 e. The number of fused-ring (bicyclic) bond motifs is 3. The third-order valence-corrected chi connectivity index (χ3v) is 5.38. The summed E-state index contributed by atoms with van der Waals surface area (Å²) in [5, 5.41) is 11.0. The Hall–Kier alpha value is -4.18. The molecule has 4 aromatic carbocycles. The van der Waals surface area contributed by atoms with Gasteiger partial charge in [-0.05, 0) is 42.5 Å². The van der Waals surface area contributed by atoms with Crippen molar-refractivity contribution in [2.75, 3.05) is 0 Å². The maximum Gasteiger partial charge on any atom is 0.248 e. The highest BCUT2D eigenvalue weighted by Gasteiger charge is 2.15. The van der Waals surface area contributed by atoms with Crippen LogP contribution < -0.4 is 0 Å². The molecule has 0 unspecified atom stereocenters. The molecule has 0 amide bonds. The van der Waals surface area contributed by atoms with Gasteiger partial charge in [-0.3, -0.25) is 0 Å². The van der Waals surface area contributed by atoms with Gasteiger partial charge in [-0.25, -0.2) is 0 Å². The summed E-state index contributed by atoms with van der Waals surface area (Å²) in [4.78, 5) is 0. The standard InChI is InChI=1S/C26H17N3O/c1-3-9-18(10-4-1)25-27-28-26(30-25)19-15-16-22-21-13-7-8-14-23(21)29(24(22)17-19)20-11-5-2-6-12-20/h1-17H. The second kappa shape index (κ2) is 6.71. The number of aromatic nitrogens is 3. The van der Waals surface area contributed by atoms with Crippen molar-refractivity contribution in [3.8, 4) is 28.6 Å². The van der Waals surface area contributed by atoms with Gasteiger partial charge in [-0.1, -0.05) is 60.7 Å². The van der Waals surface area contributed by atoms with E-state index in [4.69, 9.17) is 4.42 Å². The average Bonchev–Trinajstić information content (AvgIpc) is 3.43. The highest BCUT2D eigenvalue weighted by molar-refractivity contribution is 6.10. The SMILES string of the molecule is c1ccc(-c2nnc(-c3ccc4c5ccccc5n(-c5ccccc5)c4c3)o2)cc1. The molecule has 2 aromatic heterocycles. The van der Waals surface area contributed by atoms with Crippen molar-refractivity contribution in [2.24, 2.45) is 0 Å². The van der Waals surface area contributed by atoms with Gasteiger partial charge in [0, 0.05) is 27.6 Å². The summed E-state index contributed by atoms with van der Waals surface area (Å²) < 4.78 is 8.27. The van der Waals surface area contributed by atoms with Gasteiger partial charge in [0.1, 0.15) is 0 Å². The molecule has 6 aromatic rings. The summed E-state index contributed by atoms with van der Waals surface area (Å²) in [7, 11) is 0. The van der Waals surface area contributed by atoms with E-state index < -0.39 is 0 Å². The minimum Gasteiger partial charge on any atom is -0.416 e. The first-order valence-electron chi connectivity index (χ1n) is 9.86. The molecule has 0 fully saturated rings. The minimum atomic E-state index is 0.514. The minimum absolute atomic E-state index is 0.514. The molecular formula is C26H17N3O. The van der Waals surface area contributed by atoms with E-state index in [0.717, 1.165) is 22.3 Å². The topological polar surface area (TPSA) is 43.9 Å². The zero-order valence-electron chi connectivity index (χ0n) is 16.1. The van der Waals surface area contributed by atoms with Crippen molar-refractivity contribution < 1.29 is 4.42 Å². The lowest BCUT2D eigenvalue weighted by Crippen LogP contribution is -1.93. The van der Waals surface area contributed by atoms with Gasteiger partial charge in [0.25, 0.3) is 0 Å². The summed E-state index contributed by atoms with van der Waals surface area (Å²) in [5.41, 5.74) is 5.22. The van der Waals surface area contributed by atoms with Crippen LogP contribution in [0.4, 0.5) is 0 Å². The molecule has 0 aliphatic carbocycles. The van der Waals surface area contributed by atoms with Crippen molar-refractivity contribution in [1.82, 2.24) is 14.8 Å². The van der Waals surface area contributed by atoms with Crippen LogP contribution in [-0.2, 0) is 0 Å². The molecule has 0 aliphatic heterocycles. The van der Waals surface area contributed by atoms with Crippen molar-refractivity contribution in [1.29, 1.82) is 0 Å². The molecular weight excluding hydrogens is 370 g/mol. The average molecular weight is 387 g/mol. The number of benzene rings is 4. The Morgan fingerprint density at radius 1 is 0.533 bits per heavy atom. The highest BCUT2D eigenvalue weighted by atomic mass is 16.4. The van der Waals surface area contributed by atoms with Gasteiger partial charge in [0.05, 0.1) is 11.0 Å². The van der Waals surface area contributed by atoms with Crippen molar-refractivity contribution in [2.45, 2.75) is 0 Å². The molecule has 4 heteroatoms. The summed E-state index contributed by atoms with van der Waals surface area (Å²) in [6, 6.07) is 35.0.